The van der Waals surface area contributed by atoms with Gasteiger partial charge in [-0.25, -0.2) is 4.98 Å². The Morgan fingerprint density at radius 1 is 1.44 bits per heavy atom. The first kappa shape index (κ1) is 13.2. The standard InChI is InChI=1S/C13H20N4S/c1-13(2,8-16(3)4)9-17-11-10(15-12(17)18)6-5-7-14-11/h5-7H,8-9H2,1-4H3,(H,15,18). The third kappa shape index (κ3) is 2.79. The Hall–Kier alpha value is -1.20. The van der Waals surface area contributed by atoms with Crippen molar-refractivity contribution < 1.29 is 0 Å². The van der Waals surface area contributed by atoms with Gasteiger partial charge in [-0.2, -0.15) is 0 Å². The first-order valence-electron chi connectivity index (χ1n) is 6.07. The number of imidazole rings is 1. The molecule has 18 heavy (non-hydrogen) atoms. The molecule has 0 saturated carbocycles. The second kappa shape index (κ2) is 4.82. The van der Waals surface area contributed by atoms with Gasteiger partial charge in [-0.1, -0.05) is 13.8 Å². The number of nitrogens with one attached hydrogen (secondary N) is 1. The highest BCUT2D eigenvalue weighted by atomic mass is 32.1. The van der Waals surface area contributed by atoms with E-state index in [1.165, 1.54) is 0 Å². The van der Waals surface area contributed by atoms with Crippen LogP contribution in [0.2, 0.25) is 0 Å². The highest BCUT2D eigenvalue weighted by molar-refractivity contribution is 7.71. The van der Waals surface area contributed by atoms with Crippen LogP contribution in [0, 0.1) is 10.2 Å². The van der Waals surface area contributed by atoms with Gasteiger partial charge in [-0.05, 0) is 43.9 Å². The quantitative estimate of drug-likeness (QED) is 0.863. The van der Waals surface area contributed by atoms with Gasteiger partial charge < -0.3 is 14.5 Å². The molecule has 0 saturated heterocycles. The van der Waals surface area contributed by atoms with E-state index in [1.807, 2.05) is 12.1 Å². The molecule has 0 atom stereocenters. The smallest absolute Gasteiger partial charge is 0.179 e. The summed E-state index contributed by atoms with van der Waals surface area (Å²) in [6.07, 6.45) is 1.81. The van der Waals surface area contributed by atoms with Gasteiger partial charge in [0.1, 0.15) is 0 Å². The molecule has 2 heterocycles. The van der Waals surface area contributed by atoms with Gasteiger partial charge >= 0.3 is 0 Å². The van der Waals surface area contributed by atoms with Crippen LogP contribution in [0.3, 0.4) is 0 Å². The zero-order valence-electron chi connectivity index (χ0n) is 11.4. The van der Waals surface area contributed by atoms with E-state index in [1.54, 1.807) is 6.20 Å². The van der Waals surface area contributed by atoms with Gasteiger partial charge in [0.05, 0.1) is 5.52 Å². The number of nitrogens with zero attached hydrogens (tertiary/aromatic N) is 3. The molecule has 2 aromatic rings. The number of hydrogen-bond donors (Lipinski definition) is 1. The minimum atomic E-state index is 0.147. The lowest BCUT2D eigenvalue weighted by molar-refractivity contribution is 0.212. The van der Waals surface area contributed by atoms with Crippen molar-refractivity contribution in [3.8, 4) is 0 Å². The predicted octanol–water partition coefficient (Wildman–Crippen LogP) is 2.68. The van der Waals surface area contributed by atoms with Gasteiger partial charge in [-0.15, -0.1) is 0 Å². The average Bonchev–Trinajstić information content (AvgIpc) is 2.53. The van der Waals surface area contributed by atoms with Crippen LogP contribution >= 0.6 is 12.2 Å². The van der Waals surface area contributed by atoms with E-state index in [2.05, 4.69) is 47.4 Å². The maximum atomic E-state index is 5.39. The Bertz CT molecular complexity index is 594. The number of rotatable bonds is 4. The first-order chi connectivity index (χ1) is 8.39. The van der Waals surface area contributed by atoms with E-state index in [4.69, 9.17) is 12.2 Å². The third-order valence-electron chi connectivity index (χ3n) is 2.86. The highest BCUT2D eigenvalue weighted by Gasteiger charge is 2.21. The molecule has 0 fully saturated rings. The fourth-order valence-electron chi connectivity index (χ4n) is 2.47. The van der Waals surface area contributed by atoms with Crippen LogP contribution < -0.4 is 0 Å². The largest absolute Gasteiger partial charge is 0.329 e. The zero-order chi connectivity index (χ0) is 13.3. The number of H-pyrrole nitrogens is 1. The molecule has 5 heteroatoms. The summed E-state index contributed by atoms with van der Waals surface area (Å²) in [5, 5.41) is 0. The fraction of sp³-hybridized carbons (Fsp3) is 0.538. The van der Waals surface area contributed by atoms with Crippen LogP contribution in [-0.2, 0) is 6.54 Å². The number of fused-ring (bicyclic) bond motifs is 1. The lowest BCUT2D eigenvalue weighted by atomic mass is 9.93. The first-order valence-corrected chi connectivity index (χ1v) is 6.48. The van der Waals surface area contributed by atoms with Crippen LogP contribution in [0.25, 0.3) is 11.2 Å². The molecule has 0 amide bonds. The van der Waals surface area contributed by atoms with Crippen LogP contribution in [0.15, 0.2) is 18.3 Å². The molecule has 98 valence electrons. The molecule has 1 N–H and O–H groups in total. The summed E-state index contributed by atoms with van der Waals surface area (Å²) < 4.78 is 2.84. The number of aromatic amines is 1. The molecule has 0 spiro atoms. The lowest BCUT2D eigenvalue weighted by Crippen LogP contribution is -2.32. The second-order valence-electron chi connectivity index (χ2n) is 5.79. The van der Waals surface area contributed by atoms with Crippen molar-refractivity contribution in [3.05, 3.63) is 23.1 Å². The van der Waals surface area contributed by atoms with Crippen molar-refractivity contribution in [2.24, 2.45) is 5.41 Å². The van der Waals surface area contributed by atoms with Gasteiger partial charge in [0.25, 0.3) is 0 Å². The summed E-state index contributed by atoms with van der Waals surface area (Å²) in [6, 6.07) is 3.93. The fourth-order valence-corrected chi connectivity index (χ4v) is 2.73. The Morgan fingerprint density at radius 2 is 2.17 bits per heavy atom. The van der Waals surface area contributed by atoms with Crippen LogP contribution in [0.5, 0.6) is 0 Å². The van der Waals surface area contributed by atoms with Gasteiger partial charge in [0.15, 0.2) is 10.4 Å². The molecule has 0 radical (unpaired) electrons. The van der Waals surface area contributed by atoms with E-state index in [9.17, 15) is 0 Å². The molecule has 0 aromatic carbocycles. The molecule has 4 nitrogen and oxygen atoms in total. The maximum Gasteiger partial charge on any atom is 0.179 e. The summed E-state index contributed by atoms with van der Waals surface area (Å²) in [5.74, 6) is 0. The molecule has 0 aliphatic rings. The van der Waals surface area contributed by atoms with Crippen molar-refractivity contribution in [3.63, 3.8) is 0 Å². The molecule has 2 rings (SSSR count). The Kier molecular flexibility index (Phi) is 3.54. The van der Waals surface area contributed by atoms with E-state index in [0.29, 0.717) is 0 Å². The molecule has 0 bridgehead atoms. The van der Waals surface area contributed by atoms with E-state index < -0.39 is 0 Å². The Morgan fingerprint density at radius 3 is 2.83 bits per heavy atom. The number of hydrogen-bond acceptors (Lipinski definition) is 3. The van der Waals surface area contributed by atoms with Crippen LogP contribution in [0.1, 0.15) is 13.8 Å². The summed E-state index contributed by atoms with van der Waals surface area (Å²) in [7, 11) is 4.18. The number of pyridine rings is 1. The summed E-state index contributed by atoms with van der Waals surface area (Å²) in [5.41, 5.74) is 2.09. The summed E-state index contributed by atoms with van der Waals surface area (Å²) >= 11 is 5.39. The van der Waals surface area contributed by atoms with Crippen molar-refractivity contribution in [2.75, 3.05) is 20.6 Å². The van der Waals surface area contributed by atoms with E-state index >= 15 is 0 Å². The maximum absolute atomic E-state index is 5.39. The van der Waals surface area contributed by atoms with E-state index in [0.717, 1.165) is 29.0 Å². The third-order valence-corrected chi connectivity index (χ3v) is 3.18. The Balaban J connectivity index is 2.37. The number of aromatic nitrogens is 3. The molecule has 0 unspecified atom stereocenters. The van der Waals surface area contributed by atoms with Gasteiger partial charge in [0, 0.05) is 19.3 Å². The molecular weight excluding hydrogens is 244 g/mol. The predicted molar refractivity (Wildman–Crippen MR) is 77.3 cm³/mol. The minimum Gasteiger partial charge on any atom is -0.329 e. The molecular formula is C13H20N4S. The van der Waals surface area contributed by atoms with Crippen LogP contribution in [0.4, 0.5) is 0 Å². The van der Waals surface area contributed by atoms with Crippen molar-refractivity contribution in [1.82, 2.24) is 19.4 Å². The summed E-state index contributed by atoms with van der Waals surface area (Å²) in [6.45, 7) is 6.36. The zero-order valence-corrected chi connectivity index (χ0v) is 12.2. The van der Waals surface area contributed by atoms with Gasteiger partial charge in [-0.3, -0.25) is 0 Å². The van der Waals surface area contributed by atoms with E-state index in [-0.39, 0.29) is 5.41 Å². The van der Waals surface area contributed by atoms with Crippen LogP contribution in [-0.4, -0.2) is 40.1 Å². The molecule has 2 aromatic heterocycles. The molecule has 0 aliphatic heterocycles. The average molecular weight is 264 g/mol. The SMILES string of the molecule is CN(C)CC(C)(C)Cn1c(=S)[nH]c2cccnc21. The van der Waals surface area contributed by atoms with Crippen molar-refractivity contribution >= 4 is 23.4 Å². The monoisotopic (exact) mass is 264 g/mol. The topological polar surface area (TPSA) is 36.9 Å². The highest BCUT2D eigenvalue weighted by Crippen LogP contribution is 2.22. The molecule has 0 aliphatic carbocycles. The Labute approximate surface area is 113 Å². The van der Waals surface area contributed by atoms with Gasteiger partial charge in [0.2, 0.25) is 0 Å². The van der Waals surface area contributed by atoms with Crippen molar-refractivity contribution in [1.29, 1.82) is 0 Å². The second-order valence-corrected chi connectivity index (χ2v) is 6.18. The van der Waals surface area contributed by atoms with Crippen molar-refractivity contribution in [2.45, 2.75) is 20.4 Å². The minimum absolute atomic E-state index is 0.147. The normalized spacial score (nSPS) is 12.5. The lowest BCUT2D eigenvalue weighted by Gasteiger charge is -2.28. The summed E-state index contributed by atoms with van der Waals surface area (Å²) in [4.78, 5) is 9.82.